The number of hydrogen-bond acceptors (Lipinski definition) is 5. The molecular formula is C26H29F3N2O5. The maximum absolute atomic E-state index is 12.8. The highest BCUT2D eigenvalue weighted by atomic mass is 19.4. The van der Waals surface area contributed by atoms with Gasteiger partial charge in [0.15, 0.2) is 5.60 Å². The summed E-state index contributed by atoms with van der Waals surface area (Å²) < 4.78 is 49.5. The van der Waals surface area contributed by atoms with E-state index in [0.29, 0.717) is 12.2 Å². The summed E-state index contributed by atoms with van der Waals surface area (Å²) in [5.74, 6) is -0.405. The van der Waals surface area contributed by atoms with Gasteiger partial charge in [-0.15, -0.1) is 0 Å². The summed E-state index contributed by atoms with van der Waals surface area (Å²) in [5.41, 5.74) is 0.579. The number of aryl methyl sites for hydroxylation is 2. The van der Waals surface area contributed by atoms with Crippen LogP contribution < -0.4 is 9.64 Å². The Labute approximate surface area is 207 Å². The third-order valence-corrected chi connectivity index (χ3v) is 5.80. The topological polar surface area (TPSA) is 76.2 Å². The molecule has 36 heavy (non-hydrogen) atoms. The molecule has 1 aliphatic heterocycles. The number of alkyl halides is 3. The fraction of sp³-hybridized carbons (Fsp3) is 0.423. The van der Waals surface area contributed by atoms with Crippen LogP contribution in [-0.4, -0.2) is 48.1 Å². The Hall–Kier alpha value is -3.56. The molecule has 10 heteroatoms. The number of esters is 1. The Morgan fingerprint density at radius 1 is 1.03 bits per heavy atom. The Balaban J connectivity index is 1.68. The van der Waals surface area contributed by atoms with Gasteiger partial charge in [-0.05, 0) is 82.0 Å². The van der Waals surface area contributed by atoms with Crippen LogP contribution in [0, 0.1) is 13.8 Å². The summed E-state index contributed by atoms with van der Waals surface area (Å²) in [5, 5.41) is 0. The van der Waals surface area contributed by atoms with E-state index in [1.165, 1.54) is 4.90 Å². The molecule has 0 unspecified atom stereocenters. The van der Waals surface area contributed by atoms with Crippen LogP contribution >= 0.6 is 0 Å². The molecular weight excluding hydrogens is 477 g/mol. The molecule has 7 nitrogen and oxygen atoms in total. The molecule has 2 aromatic rings. The summed E-state index contributed by atoms with van der Waals surface area (Å²) in [4.78, 5) is 39.7. The number of carbonyl (C=O) groups excluding carboxylic acids is 3. The van der Waals surface area contributed by atoms with Gasteiger partial charge in [0, 0.05) is 6.54 Å². The van der Waals surface area contributed by atoms with E-state index in [4.69, 9.17) is 9.47 Å². The molecule has 0 N–H and O–H groups in total. The van der Waals surface area contributed by atoms with Crippen molar-refractivity contribution in [3.8, 4) is 5.75 Å². The van der Waals surface area contributed by atoms with E-state index < -0.39 is 35.2 Å². The second kappa shape index (κ2) is 10.2. The van der Waals surface area contributed by atoms with Crippen LogP contribution in [0.25, 0.3) is 0 Å². The van der Waals surface area contributed by atoms with Crippen molar-refractivity contribution in [1.29, 1.82) is 0 Å². The first-order valence-corrected chi connectivity index (χ1v) is 11.5. The first kappa shape index (κ1) is 27.0. The Morgan fingerprint density at radius 2 is 1.61 bits per heavy atom. The van der Waals surface area contributed by atoms with Gasteiger partial charge < -0.3 is 14.4 Å². The molecule has 1 aliphatic rings. The van der Waals surface area contributed by atoms with Crippen LogP contribution in [-0.2, 0) is 26.9 Å². The van der Waals surface area contributed by atoms with Gasteiger partial charge in [0.25, 0.3) is 5.91 Å². The van der Waals surface area contributed by atoms with Crippen LogP contribution in [0.1, 0.15) is 43.0 Å². The van der Waals surface area contributed by atoms with E-state index in [9.17, 15) is 27.6 Å². The predicted octanol–water partition coefficient (Wildman–Crippen LogP) is 5.05. The van der Waals surface area contributed by atoms with E-state index in [2.05, 4.69) is 0 Å². The second-order valence-electron chi connectivity index (χ2n) is 9.12. The van der Waals surface area contributed by atoms with E-state index in [-0.39, 0.29) is 25.4 Å². The standard InChI is InChI=1S/C26H29F3N2O5/c1-6-35-23(33)25(4,5)36-22-16(2)13-18(14-17(22)3)11-12-30-15-21(32)31(24(30)34)20-9-7-19(8-10-20)26(27,28)29/h7-10,13-14H,6,11-12,15H2,1-5H3. The lowest BCUT2D eigenvalue weighted by Gasteiger charge is -2.26. The molecule has 0 atom stereocenters. The fourth-order valence-electron chi connectivity index (χ4n) is 3.99. The van der Waals surface area contributed by atoms with Crippen molar-refractivity contribution in [3.63, 3.8) is 0 Å². The van der Waals surface area contributed by atoms with Gasteiger partial charge in [0.1, 0.15) is 12.3 Å². The second-order valence-corrected chi connectivity index (χ2v) is 9.12. The van der Waals surface area contributed by atoms with E-state index in [0.717, 1.165) is 45.9 Å². The first-order valence-electron chi connectivity index (χ1n) is 11.5. The van der Waals surface area contributed by atoms with Crippen LogP contribution in [0.15, 0.2) is 36.4 Å². The Kier molecular flexibility index (Phi) is 7.66. The van der Waals surface area contributed by atoms with Crippen molar-refractivity contribution in [3.05, 3.63) is 58.7 Å². The summed E-state index contributed by atoms with van der Waals surface area (Å²) >= 11 is 0. The van der Waals surface area contributed by atoms with E-state index in [1.54, 1.807) is 20.8 Å². The van der Waals surface area contributed by atoms with Gasteiger partial charge in [-0.2, -0.15) is 13.2 Å². The monoisotopic (exact) mass is 506 g/mol. The smallest absolute Gasteiger partial charge is 0.416 e. The van der Waals surface area contributed by atoms with Gasteiger partial charge in [0.05, 0.1) is 17.9 Å². The number of urea groups is 1. The number of ether oxygens (including phenoxy) is 2. The largest absolute Gasteiger partial charge is 0.476 e. The molecule has 2 aromatic carbocycles. The molecule has 3 rings (SSSR count). The summed E-state index contributed by atoms with van der Waals surface area (Å²) in [6.45, 7) is 9.03. The lowest BCUT2D eigenvalue weighted by molar-refractivity contribution is -0.158. The van der Waals surface area contributed by atoms with Crippen molar-refractivity contribution in [2.24, 2.45) is 0 Å². The molecule has 3 amide bonds. The molecule has 0 radical (unpaired) electrons. The van der Waals surface area contributed by atoms with Crippen LogP contribution in [0.5, 0.6) is 5.75 Å². The number of amides is 3. The minimum Gasteiger partial charge on any atom is -0.476 e. The van der Waals surface area contributed by atoms with Crippen molar-refractivity contribution >= 4 is 23.6 Å². The number of hydrogen-bond donors (Lipinski definition) is 0. The Bertz CT molecular complexity index is 1140. The van der Waals surface area contributed by atoms with Crippen molar-refractivity contribution in [2.45, 2.75) is 52.8 Å². The normalized spacial score (nSPS) is 14.4. The minimum atomic E-state index is -4.50. The fourth-order valence-corrected chi connectivity index (χ4v) is 3.99. The maximum Gasteiger partial charge on any atom is 0.416 e. The number of rotatable bonds is 8. The minimum absolute atomic E-state index is 0.0953. The van der Waals surface area contributed by atoms with Crippen LogP contribution in [0.2, 0.25) is 0 Å². The highest BCUT2D eigenvalue weighted by molar-refractivity contribution is 6.19. The summed E-state index contributed by atoms with van der Waals surface area (Å²) in [7, 11) is 0. The SMILES string of the molecule is CCOC(=O)C(C)(C)Oc1c(C)cc(CCN2CC(=O)N(c3ccc(C(F)(F)F)cc3)C2=O)cc1C. The zero-order valence-corrected chi connectivity index (χ0v) is 20.9. The van der Waals surface area contributed by atoms with Crippen molar-refractivity contribution in [2.75, 3.05) is 24.6 Å². The number of halogens is 3. The molecule has 0 aliphatic carbocycles. The summed E-state index contributed by atoms with van der Waals surface area (Å²) in [6.07, 6.45) is -4.06. The molecule has 0 saturated carbocycles. The Morgan fingerprint density at radius 3 is 2.14 bits per heavy atom. The quantitative estimate of drug-likeness (QED) is 0.370. The maximum atomic E-state index is 12.8. The zero-order chi connectivity index (χ0) is 26.8. The molecule has 194 valence electrons. The highest BCUT2D eigenvalue weighted by Gasteiger charge is 2.38. The molecule has 1 heterocycles. The number of benzene rings is 2. The third-order valence-electron chi connectivity index (χ3n) is 5.80. The van der Waals surface area contributed by atoms with Gasteiger partial charge in [-0.25, -0.2) is 14.5 Å². The molecule has 0 spiro atoms. The molecule has 0 bridgehead atoms. The number of nitrogens with zero attached hydrogens (tertiary/aromatic N) is 2. The predicted molar refractivity (Wildman–Crippen MR) is 127 cm³/mol. The number of imide groups is 1. The van der Waals surface area contributed by atoms with Gasteiger partial charge in [-0.3, -0.25) is 4.79 Å². The van der Waals surface area contributed by atoms with Crippen LogP contribution in [0.4, 0.5) is 23.7 Å². The summed E-state index contributed by atoms with van der Waals surface area (Å²) in [6, 6.07) is 7.12. The van der Waals surface area contributed by atoms with Gasteiger partial charge in [0.2, 0.25) is 0 Å². The van der Waals surface area contributed by atoms with Gasteiger partial charge >= 0.3 is 18.2 Å². The van der Waals surface area contributed by atoms with Gasteiger partial charge in [-0.1, -0.05) is 12.1 Å². The van der Waals surface area contributed by atoms with Crippen molar-refractivity contribution < 1.29 is 37.0 Å². The average Bonchev–Trinajstić information content (AvgIpc) is 3.07. The zero-order valence-electron chi connectivity index (χ0n) is 20.9. The lowest BCUT2D eigenvalue weighted by Crippen LogP contribution is -2.40. The number of carbonyl (C=O) groups is 3. The van der Waals surface area contributed by atoms with Crippen molar-refractivity contribution in [1.82, 2.24) is 4.90 Å². The molecule has 1 fully saturated rings. The number of anilines is 1. The van der Waals surface area contributed by atoms with E-state index >= 15 is 0 Å². The lowest BCUT2D eigenvalue weighted by atomic mass is 10.0. The third kappa shape index (κ3) is 5.80. The average molecular weight is 507 g/mol. The molecule has 1 saturated heterocycles. The first-order chi connectivity index (χ1) is 16.7. The van der Waals surface area contributed by atoms with Crippen LogP contribution in [0.3, 0.4) is 0 Å². The highest BCUT2D eigenvalue weighted by Crippen LogP contribution is 2.32. The van der Waals surface area contributed by atoms with E-state index in [1.807, 2.05) is 26.0 Å². The molecule has 0 aromatic heterocycles.